The Morgan fingerprint density at radius 1 is 0.438 bits per heavy atom. The number of carbonyl (C=O) groups excluding carboxylic acids is 1. The lowest BCUT2D eigenvalue weighted by atomic mass is 9.99. The Morgan fingerprint density at radius 3 is 0.978 bits per heavy atom. The van der Waals surface area contributed by atoms with Gasteiger partial charge in [0.15, 0.2) is 6.29 Å². The molecule has 1 aliphatic rings. The van der Waals surface area contributed by atoms with Crippen LogP contribution in [-0.4, -0.2) is 95.4 Å². The van der Waals surface area contributed by atoms with E-state index in [9.17, 15) is 38.2 Å². The van der Waals surface area contributed by atoms with E-state index in [4.69, 9.17) is 9.47 Å². The lowest BCUT2D eigenvalue weighted by molar-refractivity contribution is -0.298. The van der Waals surface area contributed by atoms with Gasteiger partial charge in [-0.15, -0.1) is 0 Å². The molecule has 0 aliphatic carbocycles. The van der Waals surface area contributed by atoms with Gasteiger partial charge in [0.25, 0.3) is 0 Å². The number of ether oxygens (including phenoxy) is 2. The Labute approximate surface area is 550 Å². The van der Waals surface area contributed by atoms with Crippen LogP contribution in [0, 0.1) is 0 Å². The fourth-order valence-corrected chi connectivity index (χ4v) is 13.6. The molecule has 1 saturated heterocycles. The number of amides is 1. The van der Waals surface area contributed by atoms with Crippen molar-refractivity contribution in [3.63, 3.8) is 0 Å². The second kappa shape index (κ2) is 65.5. The highest BCUT2D eigenvalue weighted by Gasteiger charge is 2.48. The number of allylic oxidation sites excluding steroid dienone is 1. The SMILES string of the molecule is CCCCCCCCCCCCCCCCCCCCCCC/C=C/C(O)C(COC1OC(CO)C(O)C(OS(=O)(=O)O)C1O)NC(=O)CCCCCCCCCCCCCCCCCCCCCCCCCCCCCCCCCCCCCCCCC. The molecule has 1 fully saturated rings. The maximum atomic E-state index is 13.2. The van der Waals surface area contributed by atoms with Gasteiger partial charge in [-0.2, -0.15) is 8.42 Å². The number of carbonyl (C=O) groups is 1. The maximum absolute atomic E-state index is 13.2. The van der Waals surface area contributed by atoms with Crippen LogP contribution >= 0.6 is 0 Å². The fourth-order valence-electron chi connectivity index (χ4n) is 13.1. The number of unbranched alkanes of at least 4 members (excludes halogenated alkanes) is 59. The highest BCUT2D eigenvalue weighted by molar-refractivity contribution is 7.80. The molecule has 1 amide bonds. The summed E-state index contributed by atoms with van der Waals surface area (Å²) in [6.45, 7) is 3.48. The van der Waals surface area contributed by atoms with Crippen molar-refractivity contribution in [3.8, 4) is 0 Å². The largest absolute Gasteiger partial charge is 0.397 e. The highest BCUT2D eigenvalue weighted by atomic mass is 32.3. The fraction of sp³-hybridized carbons (Fsp3) is 0.961. The van der Waals surface area contributed by atoms with Crippen molar-refractivity contribution in [2.24, 2.45) is 0 Å². The van der Waals surface area contributed by atoms with E-state index in [1.807, 2.05) is 6.08 Å². The summed E-state index contributed by atoms with van der Waals surface area (Å²) in [5.41, 5.74) is 0. The Bertz CT molecular complexity index is 1600. The quantitative estimate of drug-likeness (QED) is 0.0193. The van der Waals surface area contributed by atoms with Crippen LogP contribution < -0.4 is 5.32 Å². The number of rotatable bonds is 71. The first kappa shape index (κ1) is 85.9. The molecule has 7 atom stereocenters. The van der Waals surface area contributed by atoms with Gasteiger partial charge < -0.3 is 35.2 Å². The van der Waals surface area contributed by atoms with Gasteiger partial charge in [-0.3, -0.25) is 9.35 Å². The van der Waals surface area contributed by atoms with Crippen molar-refractivity contribution in [2.45, 2.75) is 455 Å². The molecule has 0 radical (unpaired) electrons. The van der Waals surface area contributed by atoms with Gasteiger partial charge in [-0.05, 0) is 19.3 Å². The van der Waals surface area contributed by atoms with Crippen molar-refractivity contribution in [2.75, 3.05) is 13.2 Å². The molecule has 0 bridgehead atoms. The van der Waals surface area contributed by atoms with Crippen LogP contribution in [-0.2, 0) is 28.9 Å². The van der Waals surface area contributed by atoms with Crippen LogP contribution in [0.3, 0.4) is 0 Å². The van der Waals surface area contributed by atoms with Gasteiger partial charge in [-0.25, -0.2) is 4.18 Å². The number of aliphatic hydroxyl groups excluding tert-OH is 4. The number of aliphatic hydroxyl groups is 4. The van der Waals surface area contributed by atoms with Gasteiger partial charge in [0, 0.05) is 6.42 Å². The summed E-state index contributed by atoms with van der Waals surface area (Å²) in [4.78, 5) is 13.2. The van der Waals surface area contributed by atoms with Crippen LogP contribution in [0.2, 0.25) is 0 Å². The van der Waals surface area contributed by atoms with Crippen LogP contribution in [0.25, 0.3) is 0 Å². The van der Waals surface area contributed by atoms with Gasteiger partial charge in [0.1, 0.15) is 24.4 Å². The lowest BCUT2D eigenvalue weighted by Crippen LogP contribution is -2.61. The smallest absolute Gasteiger partial charge is 0.394 e. The minimum atomic E-state index is -5.09. The Hall–Kier alpha value is -1.16. The van der Waals surface area contributed by atoms with E-state index in [0.29, 0.717) is 6.42 Å². The molecule has 1 aliphatic heterocycles. The van der Waals surface area contributed by atoms with Crippen LogP contribution in [0.4, 0.5) is 0 Å². The third-order valence-corrected chi connectivity index (χ3v) is 19.5. The lowest BCUT2D eigenvalue weighted by Gasteiger charge is -2.41. The predicted molar refractivity (Wildman–Crippen MR) is 375 cm³/mol. The van der Waals surface area contributed by atoms with Crippen LogP contribution in [0.15, 0.2) is 12.2 Å². The summed E-state index contributed by atoms with van der Waals surface area (Å²) in [5.74, 6) is -0.252. The average Bonchev–Trinajstić information content (AvgIpc) is 3.72. The van der Waals surface area contributed by atoms with Gasteiger partial charge in [0.05, 0.1) is 25.4 Å². The van der Waals surface area contributed by atoms with Crippen molar-refractivity contribution < 1.29 is 51.8 Å². The van der Waals surface area contributed by atoms with Crippen molar-refractivity contribution in [3.05, 3.63) is 12.2 Å². The van der Waals surface area contributed by atoms with Crippen LogP contribution in [0.5, 0.6) is 0 Å². The van der Waals surface area contributed by atoms with E-state index >= 15 is 0 Å². The Morgan fingerprint density at radius 2 is 0.708 bits per heavy atom. The normalized spacial score (nSPS) is 17.9. The molecule has 89 heavy (non-hydrogen) atoms. The maximum Gasteiger partial charge on any atom is 0.397 e. The first-order chi connectivity index (χ1) is 43.5. The third kappa shape index (κ3) is 56.9. The number of hydrogen-bond donors (Lipinski definition) is 6. The molecule has 7 unspecified atom stereocenters. The molecule has 0 aromatic heterocycles. The molecule has 0 aromatic carbocycles. The molecular weight excluding hydrogens is 1130 g/mol. The monoisotopic (exact) mass is 1280 g/mol. The van der Waals surface area contributed by atoms with Crippen molar-refractivity contribution in [1.82, 2.24) is 5.32 Å². The molecule has 0 spiro atoms. The van der Waals surface area contributed by atoms with E-state index in [-0.39, 0.29) is 18.9 Å². The molecule has 1 heterocycles. The standard InChI is InChI=1S/C76H149NO11S/c1-3-5-7-9-11-13-15-17-19-21-23-25-27-28-29-30-31-32-33-34-35-36-37-38-39-40-41-42-44-46-48-50-52-54-56-58-60-62-64-66-72(80)77-69(68-86-76-74(82)75(88-89(83,84)85)73(81)71(67-78)87-76)70(79)65-63-61-59-57-55-53-51-49-47-45-43-26-24-22-20-18-16-14-12-10-8-6-4-2/h63,65,69-71,73-76,78-79,81-82H,3-62,64,66-68H2,1-2H3,(H,77,80)(H,83,84,85)/b65-63+. The zero-order valence-corrected chi connectivity index (χ0v) is 59.4. The van der Waals surface area contributed by atoms with Gasteiger partial charge in [0.2, 0.25) is 5.91 Å². The summed E-state index contributed by atoms with van der Waals surface area (Å²) >= 11 is 0. The second-order valence-electron chi connectivity index (χ2n) is 27.7. The van der Waals surface area contributed by atoms with Crippen molar-refractivity contribution in [1.29, 1.82) is 0 Å². The van der Waals surface area contributed by atoms with E-state index in [0.717, 1.165) is 38.5 Å². The molecule has 1 rings (SSSR count). The van der Waals surface area contributed by atoms with Crippen LogP contribution in [0.1, 0.15) is 412 Å². The third-order valence-electron chi connectivity index (χ3n) is 19.1. The van der Waals surface area contributed by atoms with Crippen molar-refractivity contribution >= 4 is 16.3 Å². The first-order valence-corrected chi connectivity index (χ1v) is 40.4. The average molecular weight is 1290 g/mol. The summed E-state index contributed by atoms with van der Waals surface area (Å²) in [6.07, 6.45) is 76.1. The Kier molecular flexibility index (Phi) is 63.2. The number of hydrogen-bond acceptors (Lipinski definition) is 10. The zero-order valence-electron chi connectivity index (χ0n) is 58.5. The van der Waals surface area contributed by atoms with E-state index in [1.165, 1.54) is 347 Å². The summed E-state index contributed by atoms with van der Waals surface area (Å²) in [5, 5.41) is 45.2. The molecule has 12 nitrogen and oxygen atoms in total. The zero-order chi connectivity index (χ0) is 64.6. The summed E-state index contributed by atoms with van der Waals surface area (Å²) in [6, 6.07) is -0.942. The van der Waals surface area contributed by atoms with E-state index < -0.39 is 59.9 Å². The predicted octanol–water partition coefficient (Wildman–Crippen LogP) is 21.3. The molecular formula is C76H149NO11S. The minimum Gasteiger partial charge on any atom is -0.394 e. The van der Waals surface area contributed by atoms with E-state index in [1.54, 1.807) is 6.08 Å². The first-order valence-electron chi connectivity index (χ1n) is 39.1. The van der Waals surface area contributed by atoms with E-state index in [2.05, 4.69) is 23.3 Å². The molecule has 530 valence electrons. The Balaban J connectivity index is 2.14. The van der Waals surface area contributed by atoms with Gasteiger partial charge >= 0.3 is 10.4 Å². The topological polar surface area (TPSA) is 192 Å². The number of nitrogens with one attached hydrogen (secondary N) is 1. The summed E-state index contributed by atoms with van der Waals surface area (Å²) < 4.78 is 48.1. The summed E-state index contributed by atoms with van der Waals surface area (Å²) in [7, 11) is -5.09. The molecule has 13 heteroatoms. The molecule has 0 saturated carbocycles. The molecule has 6 N–H and O–H groups in total. The van der Waals surface area contributed by atoms with Gasteiger partial charge in [-0.1, -0.05) is 398 Å². The second-order valence-corrected chi connectivity index (χ2v) is 28.7. The highest BCUT2D eigenvalue weighted by Crippen LogP contribution is 2.27. The minimum absolute atomic E-state index is 0.252. The molecule has 0 aromatic rings.